The topological polar surface area (TPSA) is 94.0 Å². The molecule has 5 rings (SSSR count). The summed E-state index contributed by atoms with van der Waals surface area (Å²) in [4.78, 5) is 13.6. The molecular formula is C25H22ClN7. The van der Waals surface area contributed by atoms with Gasteiger partial charge in [-0.1, -0.05) is 54.1 Å². The van der Waals surface area contributed by atoms with Gasteiger partial charge in [-0.3, -0.25) is 4.98 Å². The van der Waals surface area contributed by atoms with E-state index in [0.717, 1.165) is 33.8 Å². The van der Waals surface area contributed by atoms with Gasteiger partial charge >= 0.3 is 0 Å². The van der Waals surface area contributed by atoms with E-state index < -0.39 is 0 Å². The van der Waals surface area contributed by atoms with E-state index in [9.17, 15) is 0 Å². The third-order valence-electron chi connectivity index (χ3n) is 5.47. The molecule has 0 radical (unpaired) electrons. The molecule has 0 aliphatic rings. The maximum atomic E-state index is 6.49. The van der Waals surface area contributed by atoms with Crippen LogP contribution in [0.1, 0.15) is 28.1 Å². The summed E-state index contributed by atoms with van der Waals surface area (Å²) in [6.45, 7) is 1.94. The predicted octanol–water partition coefficient (Wildman–Crippen LogP) is 4.99. The first-order chi connectivity index (χ1) is 16.1. The van der Waals surface area contributed by atoms with Crippen molar-refractivity contribution in [2.24, 2.45) is 0 Å². The SMILES string of the molecule is Cc1nc2nc(Nc3cc(Cl)ccc3Cc3ccccn3)nn2c(N)c1Cc1ccccc1. The summed E-state index contributed by atoms with van der Waals surface area (Å²) in [5.41, 5.74) is 12.2. The Morgan fingerprint density at radius 2 is 1.79 bits per heavy atom. The van der Waals surface area contributed by atoms with Crippen molar-refractivity contribution in [3.8, 4) is 0 Å². The smallest absolute Gasteiger partial charge is 0.256 e. The van der Waals surface area contributed by atoms with Crippen LogP contribution in [-0.4, -0.2) is 24.6 Å². The molecule has 7 nitrogen and oxygen atoms in total. The average Bonchev–Trinajstić information content (AvgIpc) is 3.22. The molecule has 33 heavy (non-hydrogen) atoms. The maximum Gasteiger partial charge on any atom is 0.256 e. The molecule has 0 unspecified atom stereocenters. The van der Waals surface area contributed by atoms with Gasteiger partial charge in [0, 0.05) is 46.7 Å². The van der Waals surface area contributed by atoms with E-state index >= 15 is 0 Å². The van der Waals surface area contributed by atoms with Gasteiger partial charge in [0.15, 0.2) is 0 Å². The van der Waals surface area contributed by atoms with Crippen LogP contribution in [-0.2, 0) is 12.8 Å². The number of nitrogens with zero attached hydrogens (tertiary/aromatic N) is 5. The second kappa shape index (κ2) is 8.88. The fourth-order valence-corrected chi connectivity index (χ4v) is 3.95. The molecule has 164 valence electrons. The fraction of sp³-hybridized carbons (Fsp3) is 0.120. The first-order valence-corrected chi connectivity index (χ1v) is 11.0. The number of benzene rings is 2. The number of rotatable bonds is 6. The summed E-state index contributed by atoms with van der Waals surface area (Å²) in [6.07, 6.45) is 3.10. The normalized spacial score (nSPS) is 11.1. The van der Waals surface area contributed by atoms with Crippen molar-refractivity contribution in [1.29, 1.82) is 0 Å². The highest BCUT2D eigenvalue weighted by Gasteiger charge is 2.16. The van der Waals surface area contributed by atoms with Gasteiger partial charge in [-0.25, -0.2) is 4.98 Å². The number of anilines is 3. The van der Waals surface area contributed by atoms with Crippen molar-refractivity contribution < 1.29 is 0 Å². The van der Waals surface area contributed by atoms with Crippen molar-refractivity contribution in [3.63, 3.8) is 0 Å². The summed E-state index contributed by atoms with van der Waals surface area (Å²) in [5.74, 6) is 1.37. The molecule has 8 heteroatoms. The lowest BCUT2D eigenvalue weighted by Gasteiger charge is -2.10. The molecule has 5 aromatic rings. The van der Waals surface area contributed by atoms with Crippen LogP contribution >= 0.6 is 11.6 Å². The summed E-state index contributed by atoms with van der Waals surface area (Å²) in [7, 11) is 0. The van der Waals surface area contributed by atoms with E-state index in [0.29, 0.717) is 35.4 Å². The third kappa shape index (κ3) is 4.49. The fourth-order valence-electron chi connectivity index (χ4n) is 3.78. The number of aryl methyl sites for hydroxylation is 1. The van der Waals surface area contributed by atoms with E-state index in [2.05, 4.69) is 37.5 Å². The van der Waals surface area contributed by atoms with E-state index in [4.69, 9.17) is 17.3 Å². The van der Waals surface area contributed by atoms with E-state index in [1.54, 1.807) is 10.7 Å². The molecule has 3 heterocycles. The number of halogens is 1. The number of pyridine rings is 1. The van der Waals surface area contributed by atoms with E-state index in [1.165, 1.54) is 0 Å². The number of hydrogen-bond donors (Lipinski definition) is 2. The molecule has 0 aliphatic carbocycles. The van der Waals surface area contributed by atoms with Gasteiger partial charge in [-0.15, -0.1) is 5.10 Å². The van der Waals surface area contributed by atoms with Gasteiger partial charge in [-0.05, 0) is 42.3 Å². The summed E-state index contributed by atoms with van der Waals surface area (Å²) >= 11 is 6.27. The summed E-state index contributed by atoms with van der Waals surface area (Å²) in [5, 5.41) is 8.48. The molecule has 0 fully saturated rings. The highest BCUT2D eigenvalue weighted by atomic mass is 35.5. The Hall–Kier alpha value is -3.97. The van der Waals surface area contributed by atoms with Gasteiger partial charge in [0.05, 0.1) is 0 Å². The Labute approximate surface area is 196 Å². The summed E-state index contributed by atoms with van der Waals surface area (Å²) in [6, 6.07) is 21.7. The average molecular weight is 456 g/mol. The minimum atomic E-state index is 0.398. The zero-order valence-corrected chi connectivity index (χ0v) is 18.8. The molecule has 0 aliphatic heterocycles. The van der Waals surface area contributed by atoms with Gasteiger partial charge in [0.1, 0.15) is 5.82 Å². The molecule has 2 aromatic carbocycles. The van der Waals surface area contributed by atoms with Crippen molar-refractivity contribution in [1.82, 2.24) is 24.6 Å². The number of aromatic nitrogens is 5. The van der Waals surface area contributed by atoms with Crippen LogP contribution in [0.5, 0.6) is 0 Å². The van der Waals surface area contributed by atoms with E-state index in [-0.39, 0.29) is 0 Å². The molecule has 3 aromatic heterocycles. The van der Waals surface area contributed by atoms with Crippen LogP contribution in [0.4, 0.5) is 17.5 Å². The Kier molecular flexibility index (Phi) is 5.62. The van der Waals surface area contributed by atoms with Crippen molar-refractivity contribution >= 4 is 34.8 Å². The third-order valence-corrected chi connectivity index (χ3v) is 5.71. The number of hydrogen-bond acceptors (Lipinski definition) is 6. The Balaban J connectivity index is 1.48. The van der Waals surface area contributed by atoms with Gasteiger partial charge < -0.3 is 11.1 Å². The molecular weight excluding hydrogens is 434 g/mol. The van der Waals surface area contributed by atoms with E-state index in [1.807, 2.05) is 61.5 Å². The van der Waals surface area contributed by atoms with Crippen LogP contribution in [0, 0.1) is 6.92 Å². The predicted molar refractivity (Wildman–Crippen MR) is 131 cm³/mol. The maximum absolute atomic E-state index is 6.49. The molecule has 0 spiro atoms. The number of nitrogen functional groups attached to an aromatic ring is 1. The quantitative estimate of drug-likeness (QED) is 0.374. The molecule has 0 saturated heterocycles. The van der Waals surface area contributed by atoms with Gasteiger partial charge in [0.2, 0.25) is 5.95 Å². The minimum Gasteiger partial charge on any atom is -0.383 e. The zero-order valence-electron chi connectivity index (χ0n) is 18.0. The van der Waals surface area contributed by atoms with Crippen molar-refractivity contribution in [3.05, 3.63) is 106 Å². The number of nitrogens with one attached hydrogen (secondary N) is 1. The molecule has 0 atom stereocenters. The largest absolute Gasteiger partial charge is 0.383 e. The van der Waals surface area contributed by atoms with Crippen LogP contribution in [0.3, 0.4) is 0 Å². The highest BCUT2D eigenvalue weighted by Crippen LogP contribution is 2.27. The first kappa shape index (κ1) is 20.9. The van der Waals surface area contributed by atoms with Crippen LogP contribution in [0.25, 0.3) is 5.78 Å². The Bertz CT molecular complexity index is 1420. The summed E-state index contributed by atoms with van der Waals surface area (Å²) < 4.78 is 1.58. The zero-order chi connectivity index (χ0) is 22.8. The van der Waals surface area contributed by atoms with Crippen molar-refractivity contribution in [2.45, 2.75) is 19.8 Å². The minimum absolute atomic E-state index is 0.398. The molecule has 3 N–H and O–H groups in total. The standard InChI is InChI=1S/C25H22ClN7/c1-16-21(13-17-7-3-2-4-8-17)23(27)33-25(29-16)31-24(32-33)30-22-15-19(26)11-10-18(22)14-20-9-5-6-12-28-20/h2-12,15H,13-14,27H2,1H3,(H,30,32). The lowest BCUT2D eigenvalue weighted by molar-refractivity contribution is 0.917. The highest BCUT2D eigenvalue weighted by molar-refractivity contribution is 6.30. The van der Waals surface area contributed by atoms with Crippen molar-refractivity contribution in [2.75, 3.05) is 11.1 Å². The van der Waals surface area contributed by atoms with Crippen LogP contribution in [0.2, 0.25) is 5.02 Å². The number of fused-ring (bicyclic) bond motifs is 1. The molecule has 0 saturated carbocycles. The second-order valence-electron chi connectivity index (χ2n) is 7.79. The molecule has 0 bridgehead atoms. The Morgan fingerprint density at radius 3 is 2.58 bits per heavy atom. The lowest BCUT2D eigenvalue weighted by Crippen LogP contribution is -2.09. The lowest BCUT2D eigenvalue weighted by atomic mass is 10.0. The monoisotopic (exact) mass is 455 g/mol. The number of nitrogens with two attached hydrogens (primary N) is 1. The van der Waals surface area contributed by atoms with Gasteiger partial charge in [0.25, 0.3) is 5.78 Å². The van der Waals surface area contributed by atoms with Gasteiger partial charge in [-0.2, -0.15) is 9.50 Å². The first-order valence-electron chi connectivity index (χ1n) is 10.6. The van der Waals surface area contributed by atoms with Crippen LogP contribution < -0.4 is 11.1 Å². The second-order valence-corrected chi connectivity index (χ2v) is 8.23. The Morgan fingerprint density at radius 1 is 0.970 bits per heavy atom. The molecule has 0 amide bonds. The van der Waals surface area contributed by atoms with Crippen LogP contribution in [0.15, 0.2) is 72.9 Å².